The first kappa shape index (κ1) is 21.3. The quantitative estimate of drug-likeness (QED) is 0.448. The van der Waals surface area contributed by atoms with Crippen molar-refractivity contribution in [3.8, 4) is 17.0 Å². The van der Waals surface area contributed by atoms with E-state index < -0.39 is 12.0 Å². The number of anilines is 2. The smallest absolute Gasteiger partial charge is 0.320 e. The third-order valence-corrected chi connectivity index (χ3v) is 5.23. The van der Waals surface area contributed by atoms with Crippen LogP contribution in [0, 0.1) is 0 Å². The highest BCUT2D eigenvalue weighted by Crippen LogP contribution is 2.29. The summed E-state index contributed by atoms with van der Waals surface area (Å²) in [7, 11) is 1.62. The van der Waals surface area contributed by atoms with Crippen LogP contribution in [0.4, 0.5) is 11.5 Å². The first-order valence-electron chi connectivity index (χ1n) is 10.1. The van der Waals surface area contributed by atoms with Gasteiger partial charge in [0.15, 0.2) is 0 Å². The van der Waals surface area contributed by atoms with E-state index in [0.29, 0.717) is 24.3 Å². The van der Waals surface area contributed by atoms with E-state index in [1.54, 1.807) is 31.4 Å². The molecule has 0 bridgehead atoms. The molecule has 1 amide bonds. The average Bonchev–Trinajstić information content (AvgIpc) is 3.28. The summed E-state index contributed by atoms with van der Waals surface area (Å²) in [6, 6.07) is 15.6. The maximum Gasteiger partial charge on any atom is 0.320 e. The molecule has 1 fully saturated rings. The second-order valence-corrected chi connectivity index (χ2v) is 7.40. The number of aromatic nitrogens is 2. The van der Waals surface area contributed by atoms with Crippen molar-refractivity contribution in [3.05, 3.63) is 66.5 Å². The number of methoxy groups -OCH3 is 1. The van der Waals surface area contributed by atoms with E-state index in [9.17, 15) is 9.59 Å². The number of benzene rings is 2. The first-order chi connectivity index (χ1) is 15.5. The molecule has 0 saturated carbocycles. The normalized spacial score (nSPS) is 17.5. The number of hydrogen-bond donors (Lipinski definition) is 4. The van der Waals surface area contributed by atoms with Crippen molar-refractivity contribution >= 4 is 23.4 Å². The standard InChI is InChI=1S/C23H23N5O4/c1-32-20-5-3-2-4-17(20)18-11-21(26-13-25-18)27-15-8-6-14(7-9-15)22(29)28-16-10-19(23(30)31)24-12-16/h2-9,11,13,16,19,24H,10,12H2,1H3,(H,28,29)(H,30,31)(H,25,26,27)/t16-,19-/m0/s1. The number of rotatable bonds is 7. The van der Waals surface area contributed by atoms with Gasteiger partial charge in [0.25, 0.3) is 5.91 Å². The molecule has 1 aliphatic rings. The predicted molar refractivity (Wildman–Crippen MR) is 119 cm³/mol. The predicted octanol–water partition coefficient (Wildman–Crippen LogP) is 2.44. The molecule has 4 rings (SSSR count). The van der Waals surface area contributed by atoms with E-state index >= 15 is 0 Å². The van der Waals surface area contributed by atoms with E-state index in [2.05, 4.69) is 25.9 Å². The van der Waals surface area contributed by atoms with E-state index in [1.165, 1.54) is 6.33 Å². The Morgan fingerprint density at radius 2 is 1.91 bits per heavy atom. The lowest BCUT2D eigenvalue weighted by Crippen LogP contribution is -2.36. The number of ether oxygens (including phenoxy) is 1. The fourth-order valence-electron chi connectivity index (χ4n) is 3.58. The van der Waals surface area contributed by atoms with Gasteiger partial charge in [-0.05, 0) is 42.8 Å². The number of hydrogen-bond acceptors (Lipinski definition) is 7. The third-order valence-electron chi connectivity index (χ3n) is 5.23. The monoisotopic (exact) mass is 433 g/mol. The number of carbonyl (C=O) groups excluding carboxylic acids is 1. The SMILES string of the molecule is COc1ccccc1-c1cc(Nc2ccc(C(=O)N[C@@H]3CN[C@H](C(=O)O)C3)cc2)ncn1. The Morgan fingerprint density at radius 3 is 2.62 bits per heavy atom. The van der Waals surface area contributed by atoms with Gasteiger partial charge in [-0.3, -0.25) is 9.59 Å². The Kier molecular flexibility index (Phi) is 6.27. The lowest BCUT2D eigenvalue weighted by atomic mass is 10.1. The maximum atomic E-state index is 12.5. The van der Waals surface area contributed by atoms with Gasteiger partial charge in [-0.15, -0.1) is 0 Å². The molecule has 0 unspecified atom stereocenters. The molecule has 4 N–H and O–H groups in total. The number of para-hydroxylation sites is 1. The number of nitrogens with zero attached hydrogens (tertiary/aromatic N) is 2. The van der Waals surface area contributed by atoms with Gasteiger partial charge in [0.1, 0.15) is 23.9 Å². The molecule has 9 nitrogen and oxygen atoms in total. The topological polar surface area (TPSA) is 125 Å². The van der Waals surface area contributed by atoms with E-state index in [0.717, 1.165) is 22.7 Å². The van der Waals surface area contributed by atoms with Crippen molar-refractivity contribution in [2.24, 2.45) is 0 Å². The molecule has 2 aromatic carbocycles. The summed E-state index contributed by atoms with van der Waals surface area (Å²) in [5.74, 6) is 0.181. The minimum absolute atomic E-state index is 0.212. The van der Waals surface area contributed by atoms with Crippen molar-refractivity contribution in [2.75, 3.05) is 19.0 Å². The van der Waals surface area contributed by atoms with Gasteiger partial charge >= 0.3 is 5.97 Å². The van der Waals surface area contributed by atoms with Gasteiger partial charge in [0, 0.05) is 35.5 Å². The van der Waals surface area contributed by atoms with Gasteiger partial charge in [-0.2, -0.15) is 0 Å². The largest absolute Gasteiger partial charge is 0.496 e. The molecular formula is C23H23N5O4. The highest BCUT2D eigenvalue weighted by atomic mass is 16.5. The molecule has 32 heavy (non-hydrogen) atoms. The summed E-state index contributed by atoms with van der Waals surface area (Å²) >= 11 is 0. The summed E-state index contributed by atoms with van der Waals surface area (Å²) in [4.78, 5) is 32.1. The second-order valence-electron chi connectivity index (χ2n) is 7.40. The van der Waals surface area contributed by atoms with Crippen molar-refractivity contribution in [1.29, 1.82) is 0 Å². The van der Waals surface area contributed by atoms with Crippen LogP contribution in [0.5, 0.6) is 5.75 Å². The Balaban J connectivity index is 1.41. The third kappa shape index (κ3) is 4.84. The van der Waals surface area contributed by atoms with Crippen LogP contribution in [0.1, 0.15) is 16.8 Å². The van der Waals surface area contributed by atoms with E-state index in [1.807, 2.05) is 30.3 Å². The summed E-state index contributed by atoms with van der Waals surface area (Å²) in [5.41, 5.74) is 2.84. The van der Waals surface area contributed by atoms with Gasteiger partial charge < -0.3 is 25.8 Å². The molecule has 0 radical (unpaired) electrons. The molecule has 3 aromatic rings. The molecule has 1 aliphatic heterocycles. The van der Waals surface area contributed by atoms with Crippen LogP contribution < -0.4 is 20.7 Å². The molecular weight excluding hydrogens is 410 g/mol. The molecule has 9 heteroatoms. The fourth-order valence-corrected chi connectivity index (χ4v) is 3.58. The van der Waals surface area contributed by atoms with Crippen molar-refractivity contribution < 1.29 is 19.4 Å². The number of carboxylic acids is 1. The Morgan fingerprint density at radius 1 is 1.12 bits per heavy atom. The van der Waals surface area contributed by atoms with Crippen LogP contribution in [0.2, 0.25) is 0 Å². The number of nitrogens with one attached hydrogen (secondary N) is 3. The van der Waals surface area contributed by atoms with Crippen LogP contribution in [-0.4, -0.2) is 52.7 Å². The molecule has 0 spiro atoms. The van der Waals surface area contributed by atoms with Crippen LogP contribution in [0.15, 0.2) is 60.9 Å². The zero-order valence-corrected chi connectivity index (χ0v) is 17.4. The number of carbonyl (C=O) groups is 2. The second kappa shape index (κ2) is 9.44. The minimum Gasteiger partial charge on any atom is -0.496 e. The molecule has 0 aliphatic carbocycles. The van der Waals surface area contributed by atoms with Crippen molar-refractivity contribution in [3.63, 3.8) is 0 Å². The van der Waals surface area contributed by atoms with Gasteiger partial charge in [0.2, 0.25) is 0 Å². The van der Waals surface area contributed by atoms with Crippen LogP contribution in [0.25, 0.3) is 11.3 Å². The highest BCUT2D eigenvalue weighted by molar-refractivity contribution is 5.95. The minimum atomic E-state index is -0.907. The van der Waals surface area contributed by atoms with E-state index in [4.69, 9.17) is 9.84 Å². The first-order valence-corrected chi connectivity index (χ1v) is 10.1. The van der Waals surface area contributed by atoms with Crippen LogP contribution in [0.3, 0.4) is 0 Å². The van der Waals surface area contributed by atoms with Gasteiger partial charge in [-0.25, -0.2) is 9.97 Å². The van der Waals surface area contributed by atoms with Gasteiger partial charge in [-0.1, -0.05) is 12.1 Å². The van der Waals surface area contributed by atoms with Crippen molar-refractivity contribution in [1.82, 2.24) is 20.6 Å². The Bertz CT molecular complexity index is 1120. The average molecular weight is 433 g/mol. The zero-order valence-electron chi connectivity index (χ0n) is 17.4. The summed E-state index contributed by atoms with van der Waals surface area (Å²) < 4.78 is 5.41. The number of carboxylic acid groups (broad SMARTS) is 1. The zero-order chi connectivity index (χ0) is 22.5. The molecule has 2 heterocycles. The lowest BCUT2D eigenvalue weighted by molar-refractivity contribution is -0.139. The summed E-state index contributed by atoms with van der Waals surface area (Å²) in [6.07, 6.45) is 1.84. The van der Waals surface area contributed by atoms with Crippen molar-refractivity contribution in [2.45, 2.75) is 18.5 Å². The van der Waals surface area contributed by atoms with E-state index in [-0.39, 0.29) is 11.9 Å². The maximum absolute atomic E-state index is 12.5. The molecule has 164 valence electrons. The number of aliphatic carboxylic acids is 1. The highest BCUT2D eigenvalue weighted by Gasteiger charge is 2.30. The van der Waals surface area contributed by atoms with Crippen LogP contribution >= 0.6 is 0 Å². The summed E-state index contributed by atoms with van der Waals surface area (Å²) in [6.45, 7) is 0.435. The molecule has 1 aromatic heterocycles. The Labute approximate surface area is 184 Å². The fraction of sp³-hybridized carbons (Fsp3) is 0.217. The lowest BCUT2D eigenvalue weighted by Gasteiger charge is -2.12. The molecule has 2 atom stereocenters. The number of amides is 1. The molecule has 1 saturated heterocycles. The Hall–Kier alpha value is -3.98. The van der Waals surface area contributed by atoms with Crippen LogP contribution in [-0.2, 0) is 4.79 Å². The van der Waals surface area contributed by atoms with Gasteiger partial charge in [0.05, 0.1) is 12.8 Å². The summed E-state index contributed by atoms with van der Waals surface area (Å²) in [5, 5.41) is 18.0.